The molecule has 0 saturated heterocycles. The van der Waals surface area contributed by atoms with E-state index >= 15 is 0 Å². The average molecular weight is 284 g/mol. The van der Waals surface area contributed by atoms with Crippen LogP contribution < -0.4 is 0 Å². The molecule has 0 aromatic heterocycles. The summed E-state index contributed by atoms with van der Waals surface area (Å²) < 4.78 is 4.96. The zero-order valence-electron chi connectivity index (χ0n) is 8.79. The van der Waals surface area contributed by atoms with Gasteiger partial charge in [0.05, 0.1) is 6.61 Å². The maximum absolute atomic E-state index is 11.6. The quantitative estimate of drug-likeness (QED) is 0.634. The molecule has 0 spiro atoms. The second-order valence-corrected chi connectivity index (χ2v) is 4.58. The fraction of sp³-hybridized carbons (Fsp3) is 0.889. The van der Waals surface area contributed by atoms with Gasteiger partial charge in [-0.3, -0.25) is 4.79 Å². The Labute approximate surface area is 98.7 Å². The molecule has 0 bridgehead atoms. The first-order valence-corrected chi connectivity index (χ1v) is 7.09. The van der Waals surface area contributed by atoms with Gasteiger partial charge < -0.3 is 9.64 Å². The van der Waals surface area contributed by atoms with Crippen molar-refractivity contribution in [3.8, 4) is 0 Å². The standard InChI is InChI=1S/C9H18BrNO2S/c1-13-7-6-11(5-4-10)9(12)3-8-14-2/h3-8H2,1-2H3. The molecule has 0 heterocycles. The Morgan fingerprint density at radius 1 is 1.50 bits per heavy atom. The molecule has 0 aromatic rings. The summed E-state index contributed by atoms with van der Waals surface area (Å²) in [6, 6.07) is 0. The lowest BCUT2D eigenvalue weighted by molar-refractivity contribution is -0.131. The Hall–Kier alpha value is 0.260. The number of hydrogen-bond acceptors (Lipinski definition) is 3. The summed E-state index contributed by atoms with van der Waals surface area (Å²) in [5.41, 5.74) is 0. The van der Waals surface area contributed by atoms with Crippen LogP contribution in [0.3, 0.4) is 0 Å². The van der Waals surface area contributed by atoms with Gasteiger partial charge in [0.1, 0.15) is 0 Å². The molecule has 0 aromatic carbocycles. The number of carbonyl (C=O) groups excluding carboxylic acids is 1. The number of amides is 1. The number of halogens is 1. The largest absolute Gasteiger partial charge is 0.383 e. The summed E-state index contributed by atoms with van der Waals surface area (Å²) >= 11 is 5.04. The van der Waals surface area contributed by atoms with Crippen LogP contribution in [0, 0.1) is 0 Å². The van der Waals surface area contributed by atoms with E-state index < -0.39 is 0 Å². The van der Waals surface area contributed by atoms with E-state index in [4.69, 9.17) is 4.74 Å². The zero-order valence-corrected chi connectivity index (χ0v) is 11.2. The fourth-order valence-corrected chi connectivity index (χ4v) is 1.82. The van der Waals surface area contributed by atoms with Gasteiger partial charge in [-0.2, -0.15) is 11.8 Å². The second-order valence-electron chi connectivity index (χ2n) is 2.81. The maximum Gasteiger partial charge on any atom is 0.223 e. The lowest BCUT2D eigenvalue weighted by Crippen LogP contribution is -2.35. The molecule has 14 heavy (non-hydrogen) atoms. The molecule has 0 aliphatic heterocycles. The van der Waals surface area contributed by atoms with E-state index in [0.717, 1.165) is 17.6 Å². The molecule has 3 nitrogen and oxygen atoms in total. The first kappa shape index (κ1) is 14.3. The number of alkyl halides is 1. The monoisotopic (exact) mass is 283 g/mol. The minimum Gasteiger partial charge on any atom is -0.383 e. The topological polar surface area (TPSA) is 29.5 Å². The van der Waals surface area contributed by atoms with E-state index in [2.05, 4.69) is 15.9 Å². The van der Waals surface area contributed by atoms with Crippen LogP contribution in [-0.4, -0.2) is 55.0 Å². The highest BCUT2D eigenvalue weighted by Gasteiger charge is 2.11. The van der Waals surface area contributed by atoms with E-state index in [1.54, 1.807) is 18.9 Å². The van der Waals surface area contributed by atoms with Crippen molar-refractivity contribution in [1.29, 1.82) is 0 Å². The molecular formula is C9H18BrNO2S. The normalized spacial score (nSPS) is 10.2. The third-order valence-electron chi connectivity index (χ3n) is 1.79. The fourth-order valence-electron chi connectivity index (χ4n) is 1.01. The van der Waals surface area contributed by atoms with Crippen LogP contribution in [0.2, 0.25) is 0 Å². The molecule has 5 heteroatoms. The lowest BCUT2D eigenvalue weighted by atomic mass is 10.4. The third-order valence-corrected chi connectivity index (χ3v) is 2.76. The van der Waals surface area contributed by atoms with Crippen molar-refractivity contribution in [3.63, 3.8) is 0 Å². The van der Waals surface area contributed by atoms with Crippen LogP contribution in [0.25, 0.3) is 0 Å². The van der Waals surface area contributed by atoms with Gasteiger partial charge in [0.25, 0.3) is 0 Å². The molecule has 0 saturated carbocycles. The summed E-state index contributed by atoms with van der Waals surface area (Å²) in [6.45, 7) is 2.06. The van der Waals surface area contributed by atoms with Gasteiger partial charge in [-0.15, -0.1) is 0 Å². The molecule has 0 aliphatic carbocycles. The van der Waals surface area contributed by atoms with Gasteiger partial charge in [-0.1, -0.05) is 15.9 Å². The minimum atomic E-state index is 0.218. The molecule has 0 atom stereocenters. The van der Waals surface area contributed by atoms with Crippen LogP contribution >= 0.6 is 27.7 Å². The van der Waals surface area contributed by atoms with Crippen LogP contribution in [-0.2, 0) is 9.53 Å². The molecule has 0 radical (unpaired) electrons. The lowest BCUT2D eigenvalue weighted by Gasteiger charge is -2.21. The Morgan fingerprint density at radius 2 is 2.21 bits per heavy atom. The molecule has 0 unspecified atom stereocenters. The van der Waals surface area contributed by atoms with Crippen LogP contribution in [0.1, 0.15) is 6.42 Å². The van der Waals surface area contributed by atoms with Gasteiger partial charge >= 0.3 is 0 Å². The first-order valence-electron chi connectivity index (χ1n) is 4.57. The predicted octanol–water partition coefficient (Wildman–Crippen LogP) is 1.61. The first-order chi connectivity index (χ1) is 6.76. The minimum absolute atomic E-state index is 0.218. The summed E-state index contributed by atoms with van der Waals surface area (Å²) in [5.74, 6) is 1.11. The number of hydrogen-bond donors (Lipinski definition) is 0. The molecule has 0 N–H and O–H groups in total. The predicted molar refractivity (Wildman–Crippen MR) is 65.2 cm³/mol. The highest BCUT2D eigenvalue weighted by Crippen LogP contribution is 2.01. The summed E-state index contributed by atoms with van der Waals surface area (Å²) in [5, 5.41) is 0.821. The third kappa shape index (κ3) is 6.68. The molecular weight excluding hydrogens is 266 g/mol. The van der Waals surface area contributed by atoms with Crippen molar-refractivity contribution in [2.75, 3.05) is 44.1 Å². The smallest absolute Gasteiger partial charge is 0.223 e. The molecule has 1 amide bonds. The maximum atomic E-state index is 11.6. The van der Waals surface area contributed by atoms with Crippen LogP contribution in [0.5, 0.6) is 0 Å². The SMILES string of the molecule is COCCN(CCBr)C(=O)CCSC. The molecule has 84 valence electrons. The van der Waals surface area contributed by atoms with Crippen LogP contribution in [0.4, 0.5) is 0 Å². The van der Waals surface area contributed by atoms with Gasteiger partial charge in [-0.25, -0.2) is 0 Å². The van der Waals surface area contributed by atoms with Crippen molar-refractivity contribution < 1.29 is 9.53 Å². The van der Waals surface area contributed by atoms with Crippen molar-refractivity contribution in [2.24, 2.45) is 0 Å². The Morgan fingerprint density at radius 3 is 2.71 bits per heavy atom. The number of methoxy groups -OCH3 is 1. The van der Waals surface area contributed by atoms with E-state index in [1.165, 1.54) is 0 Å². The van der Waals surface area contributed by atoms with Gasteiger partial charge in [0.2, 0.25) is 5.91 Å². The van der Waals surface area contributed by atoms with Crippen molar-refractivity contribution in [3.05, 3.63) is 0 Å². The summed E-state index contributed by atoms with van der Waals surface area (Å²) in [4.78, 5) is 13.5. The number of carbonyl (C=O) groups is 1. The zero-order chi connectivity index (χ0) is 10.8. The highest BCUT2D eigenvalue weighted by molar-refractivity contribution is 9.09. The number of nitrogens with zero attached hydrogens (tertiary/aromatic N) is 1. The average Bonchev–Trinajstić information content (AvgIpc) is 2.20. The number of ether oxygens (including phenoxy) is 1. The highest BCUT2D eigenvalue weighted by atomic mass is 79.9. The molecule has 0 fully saturated rings. The van der Waals surface area contributed by atoms with Gasteiger partial charge in [-0.05, 0) is 6.26 Å². The number of thioether (sulfide) groups is 1. The van der Waals surface area contributed by atoms with E-state index in [0.29, 0.717) is 19.6 Å². The molecule has 0 aliphatic rings. The van der Waals surface area contributed by atoms with Crippen molar-refractivity contribution in [2.45, 2.75) is 6.42 Å². The Balaban J connectivity index is 3.84. The Kier molecular flexibility index (Phi) is 9.98. The Bertz CT molecular complexity index is 158. The van der Waals surface area contributed by atoms with Gasteiger partial charge in [0.15, 0.2) is 0 Å². The second kappa shape index (κ2) is 9.80. The van der Waals surface area contributed by atoms with E-state index in [-0.39, 0.29) is 5.91 Å². The van der Waals surface area contributed by atoms with Crippen molar-refractivity contribution >= 4 is 33.6 Å². The van der Waals surface area contributed by atoms with Crippen LogP contribution in [0.15, 0.2) is 0 Å². The van der Waals surface area contributed by atoms with E-state index in [9.17, 15) is 4.79 Å². The summed E-state index contributed by atoms with van der Waals surface area (Å²) in [7, 11) is 1.65. The van der Waals surface area contributed by atoms with E-state index in [1.807, 2.05) is 11.2 Å². The van der Waals surface area contributed by atoms with Crippen molar-refractivity contribution in [1.82, 2.24) is 4.90 Å². The molecule has 0 rings (SSSR count). The summed E-state index contributed by atoms with van der Waals surface area (Å²) in [6.07, 6.45) is 2.63. The number of rotatable bonds is 8. The van der Waals surface area contributed by atoms with Gasteiger partial charge in [0, 0.05) is 37.7 Å².